The first kappa shape index (κ1) is 9.71. The Morgan fingerprint density at radius 1 is 1.50 bits per heavy atom. The number of aromatic nitrogens is 2. The lowest BCUT2D eigenvalue weighted by molar-refractivity contribution is 0.283. The van der Waals surface area contributed by atoms with E-state index >= 15 is 0 Å². The van der Waals surface area contributed by atoms with Gasteiger partial charge in [0, 0.05) is 24.4 Å². The van der Waals surface area contributed by atoms with E-state index in [-0.39, 0.29) is 0 Å². The first-order chi connectivity index (χ1) is 6.70. The fourth-order valence-corrected chi connectivity index (χ4v) is 2.14. The van der Waals surface area contributed by atoms with Crippen LogP contribution in [0.3, 0.4) is 0 Å². The molecule has 0 amide bonds. The number of nitrogens with zero attached hydrogens (tertiary/aromatic N) is 2. The van der Waals surface area contributed by atoms with Gasteiger partial charge in [-0.3, -0.25) is 10.00 Å². The Bertz CT molecular complexity index is 303. The van der Waals surface area contributed by atoms with Crippen LogP contribution in [0.4, 0.5) is 0 Å². The van der Waals surface area contributed by atoms with Crippen molar-refractivity contribution in [1.29, 1.82) is 0 Å². The molecule has 14 heavy (non-hydrogen) atoms. The lowest BCUT2D eigenvalue weighted by atomic mass is 9.82. The Labute approximate surface area is 85.5 Å². The van der Waals surface area contributed by atoms with Gasteiger partial charge in [-0.05, 0) is 17.9 Å². The Hall–Kier alpha value is -0.830. The summed E-state index contributed by atoms with van der Waals surface area (Å²) in [5.74, 6) is 2.05. The third kappa shape index (κ3) is 1.57. The van der Waals surface area contributed by atoms with E-state index in [1.165, 1.54) is 5.69 Å². The first-order valence-electron chi connectivity index (χ1n) is 5.42. The van der Waals surface area contributed by atoms with Gasteiger partial charge in [0.25, 0.3) is 0 Å². The average Bonchev–Trinajstić information content (AvgIpc) is 2.63. The molecule has 0 spiro atoms. The molecule has 3 heteroatoms. The van der Waals surface area contributed by atoms with E-state index in [0.717, 1.165) is 19.1 Å². The highest BCUT2D eigenvalue weighted by molar-refractivity contribution is 5.12. The average molecular weight is 193 g/mol. The van der Waals surface area contributed by atoms with E-state index in [9.17, 15) is 0 Å². The second-order valence-electron chi connectivity index (χ2n) is 4.58. The van der Waals surface area contributed by atoms with Crippen molar-refractivity contribution in [3.05, 3.63) is 18.0 Å². The molecule has 2 heterocycles. The van der Waals surface area contributed by atoms with Gasteiger partial charge in [-0.15, -0.1) is 0 Å². The minimum atomic E-state index is 0.617. The van der Waals surface area contributed by atoms with Crippen LogP contribution in [0, 0.1) is 11.8 Å². The van der Waals surface area contributed by atoms with Gasteiger partial charge in [0.05, 0.1) is 6.67 Å². The fraction of sp³-hybridized carbons (Fsp3) is 0.727. The van der Waals surface area contributed by atoms with Gasteiger partial charge in [-0.1, -0.05) is 20.8 Å². The van der Waals surface area contributed by atoms with Crippen molar-refractivity contribution in [1.82, 2.24) is 15.1 Å². The molecule has 0 aliphatic carbocycles. The number of hydrogen-bond donors (Lipinski definition) is 1. The van der Waals surface area contributed by atoms with Crippen LogP contribution in [-0.2, 0) is 6.67 Å². The van der Waals surface area contributed by atoms with Gasteiger partial charge in [-0.2, -0.15) is 5.10 Å². The van der Waals surface area contributed by atoms with Gasteiger partial charge in [-0.25, -0.2) is 0 Å². The van der Waals surface area contributed by atoms with E-state index in [0.29, 0.717) is 11.8 Å². The van der Waals surface area contributed by atoms with Crippen molar-refractivity contribution in [3.63, 3.8) is 0 Å². The molecule has 0 radical (unpaired) electrons. The highest BCUT2D eigenvalue weighted by Crippen LogP contribution is 2.30. The molecule has 1 aromatic rings. The zero-order valence-electron chi connectivity index (χ0n) is 9.20. The van der Waals surface area contributed by atoms with Crippen molar-refractivity contribution in [3.8, 4) is 0 Å². The number of hydrogen-bond acceptors (Lipinski definition) is 2. The second kappa shape index (κ2) is 3.73. The zero-order valence-corrected chi connectivity index (χ0v) is 9.20. The molecule has 3 nitrogen and oxygen atoms in total. The van der Waals surface area contributed by atoms with Crippen LogP contribution in [-0.4, -0.2) is 16.3 Å². The maximum atomic E-state index is 4.30. The van der Waals surface area contributed by atoms with Crippen molar-refractivity contribution < 1.29 is 0 Å². The molecular formula is C11H19N3. The highest BCUT2D eigenvalue weighted by Gasteiger charge is 2.27. The van der Waals surface area contributed by atoms with Crippen molar-refractivity contribution in [2.24, 2.45) is 11.8 Å². The predicted octanol–water partition coefficient (Wildman–Crippen LogP) is 1.82. The molecule has 0 aromatic carbocycles. The smallest absolute Gasteiger partial charge is 0.0907 e. The van der Waals surface area contributed by atoms with E-state index in [1.54, 1.807) is 0 Å². The zero-order chi connectivity index (χ0) is 10.1. The normalized spacial score (nSPS) is 23.6. The SMILES string of the molecule is CC(C)C(C)C1CNCn2nccc21. The maximum absolute atomic E-state index is 4.30. The van der Waals surface area contributed by atoms with Crippen LogP contribution < -0.4 is 5.32 Å². The van der Waals surface area contributed by atoms with Crippen molar-refractivity contribution in [2.45, 2.75) is 33.4 Å². The van der Waals surface area contributed by atoms with E-state index < -0.39 is 0 Å². The van der Waals surface area contributed by atoms with Crippen LogP contribution in [0.1, 0.15) is 32.4 Å². The van der Waals surface area contributed by atoms with Crippen molar-refractivity contribution in [2.75, 3.05) is 6.54 Å². The summed E-state index contributed by atoms with van der Waals surface area (Å²) in [5.41, 5.74) is 1.39. The molecule has 2 atom stereocenters. The lowest BCUT2D eigenvalue weighted by Gasteiger charge is -2.31. The molecule has 1 aliphatic rings. The molecule has 2 unspecified atom stereocenters. The van der Waals surface area contributed by atoms with E-state index in [2.05, 4.69) is 41.9 Å². The quantitative estimate of drug-likeness (QED) is 0.776. The molecule has 2 rings (SSSR count). The summed E-state index contributed by atoms with van der Waals surface area (Å²) in [7, 11) is 0. The Kier molecular flexibility index (Phi) is 2.59. The number of nitrogens with one attached hydrogen (secondary N) is 1. The van der Waals surface area contributed by atoms with Crippen LogP contribution >= 0.6 is 0 Å². The monoisotopic (exact) mass is 193 g/mol. The van der Waals surface area contributed by atoms with Gasteiger partial charge >= 0.3 is 0 Å². The van der Waals surface area contributed by atoms with Gasteiger partial charge in [0.1, 0.15) is 0 Å². The van der Waals surface area contributed by atoms with Crippen LogP contribution in [0.15, 0.2) is 12.3 Å². The molecular weight excluding hydrogens is 174 g/mol. The third-order valence-electron chi connectivity index (χ3n) is 3.44. The molecule has 0 saturated carbocycles. The minimum Gasteiger partial charge on any atom is -0.298 e. The van der Waals surface area contributed by atoms with Crippen molar-refractivity contribution >= 4 is 0 Å². The molecule has 78 valence electrons. The van der Waals surface area contributed by atoms with Gasteiger partial charge < -0.3 is 0 Å². The minimum absolute atomic E-state index is 0.617. The Morgan fingerprint density at radius 2 is 2.29 bits per heavy atom. The summed E-state index contributed by atoms with van der Waals surface area (Å²) in [5, 5.41) is 7.72. The predicted molar refractivity (Wildman–Crippen MR) is 57.0 cm³/mol. The molecule has 1 N–H and O–H groups in total. The first-order valence-corrected chi connectivity index (χ1v) is 5.42. The molecule has 0 saturated heterocycles. The van der Waals surface area contributed by atoms with E-state index in [4.69, 9.17) is 0 Å². The largest absolute Gasteiger partial charge is 0.298 e. The standard InChI is InChI=1S/C11H19N3/c1-8(2)9(3)10-6-12-7-14-11(10)4-5-13-14/h4-5,8-10,12H,6-7H2,1-3H3. The summed E-state index contributed by atoms with van der Waals surface area (Å²) in [6, 6.07) is 2.16. The molecule has 1 aromatic heterocycles. The summed E-state index contributed by atoms with van der Waals surface area (Å²) in [6.45, 7) is 8.87. The maximum Gasteiger partial charge on any atom is 0.0907 e. The molecule has 1 aliphatic heterocycles. The number of rotatable bonds is 2. The lowest BCUT2D eigenvalue weighted by Crippen LogP contribution is -2.36. The summed E-state index contributed by atoms with van der Waals surface area (Å²) < 4.78 is 2.08. The van der Waals surface area contributed by atoms with Crippen LogP contribution in [0.25, 0.3) is 0 Å². The fourth-order valence-electron chi connectivity index (χ4n) is 2.14. The third-order valence-corrected chi connectivity index (χ3v) is 3.44. The second-order valence-corrected chi connectivity index (χ2v) is 4.58. The molecule has 0 bridgehead atoms. The number of fused-ring (bicyclic) bond motifs is 1. The van der Waals surface area contributed by atoms with Gasteiger partial charge in [0.15, 0.2) is 0 Å². The van der Waals surface area contributed by atoms with E-state index in [1.807, 2.05) is 6.20 Å². The summed E-state index contributed by atoms with van der Waals surface area (Å²) in [6.07, 6.45) is 1.91. The summed E-state index contributed by atoms with van der Waals surface area (Å²) in [4.78, 5) is 0. The summed E-state index contributed by atoms with van der Waals surface area (Å²) >= 11 is 0. The van der Waals surface area contributed by atoms with Crippen LogP contribution in [0.2, 0.25) is 0 Å². The van der Waals surface area contributed by atoms with Gasteiger partial charge in [0.2, 0.25) is 0 Å². The topological polar surface area (TPSA) is 29.9 Å². The highest BCUT2D eigenvalue weighted by atomic mass is 15.3. The van der Waals surface area contributed by atoms with Crippen LogP contribution in [0.5, 0.6) is 0 Å². The Balaban J connectivity index is 2.23. The Morgan fingerprint density at radius 3 is 3.00 bits per heavy atom. The molecule has 0 fully saturated rings.